The molecule has 6 nitrogen and oxygen atoms in total. The van der Waals surface area contributed by atoms with E-state index in [2.05, 4.69) is 12.2 Å². The van der Waals surface area contributed by atoms with Gasteiger partial charge >= 0.3 is 6.03 Å². The van der Waals surface area contributed by atoms with Gasteiger partial charge in [-0.1, -0.05) is 54.4 Å². The van der Waals surface area contributed by atoms with E-state index in [9.17, 15) is 14.4 Å². The molecule has 2 heterocycles. The van der Waals surface area contributed by atoms with Crippen LogP contribution in [0.25, 0.3) is 0 Å². The third-order valence-corrected chi connectivity index (χ3v) is 4.77. The fourth-order valence-electron chi connectivity index (χ4n) is 3.26. The largest absolute Gasteiger partial charge is 0.338 e. The molecule has 1 N–H and O–H groups in total. The zero-order valence-corrected chi connectivity index (χ0v) is 18.3. The van der Waals surface area contributed by atoms with Gasteiger partial charge in [0.15, 0.2) is 0 Å². The van der Waals surface area contributed by atoms with Crippen LogP contribution in [0, 0.1) is 11.8 Å². The number of nitrogens with zero attached hydrogens (tertiary/aromatic N) is 2. The van der Waals surface area contributed by atoms with Crippen molar-refractivity contribution in [2.24, 2.45) is 11.8 Å². The van der Waals surface area contributed by atoms with Crippen molar-refractivity contribution in [2.45, 2.75) is 80.1 Å². The Kier molecular flexibility index (Phi) is 13.6. The van der Waals surface area contributed by atoms with Gasteiger partial charge in [-0.3, -0.25) is 14.5 Å². The summed E-state index contributed by atoms with van der Waals surface area (Å²) in [6.07, 6.45) is 5.22. The van der Waals surface area contributed by atoms with E-state index in [1.165, 1.54) is 4.90 Å². The van der Waals surface area contributed by atoms with Gasteiger partial charge in [0.2, 0.25) is 11.8 Å². The first-order valence-corrected chi connectivity index (χ1v) is 10.9. The second-order valence-corrected chi connectivity index (χ2v) is 6.97. The topological polar surface area (TPSA) is 69.7 Å². The lowest BCUT2D eigenvalue weighted by Gasteiger charge is -2.17. The maximum absolute atomic E-state index is 11.9. The van der Waals surface area contributed by atoms with Crippen molar-refractivity contribution in [1.82, 2.24) is 15.1 Å². The molecule has 0 bridgehead atoms. The van der Waals surface area contributed by atoms with Crippen LogP contribution in [0.1, 0.15) is 81.5 Å². The molecular formula is C21H43N3O3. The van der Waals surface area contributed by atoms with Crippen molar-refractivity contribution in [1.29, 1.82) is 0 Å². The molecule has 0 radical (unpaired) electrons. The fraction of sp³-hybridized carbons (Fsp3) is 0.857. The predicted octanol–water partition coefficient (Wildman–Crippen LogP) is 4.29. The molecule has 0 saturated carbocycles. The van der Waals surface area contributed by atoms with Gasteiger partial charge in [-0.15, -0.1) is 0 Å². The normalized spacial score (nSPS) is 21.4. The van der Waals surface area contributed by atoms with Crippen molar-refractivity contribution >= 4 is 17.8 Å². The smallest absolute Gasteiger partial charge is 0.317 e. The molecule has 0 aromatic carbocycles. The molecule has 0 aromatic heterocycles. The van der Waals surface area contributed by atoms with Crippen molar-refractivity contribution in [3.63, 3.8) is 0 Å². The first-order chi connectivity index (χ1) is 13.0. The van der Waals surface area contributed by atoms with Crippen LogP contribution in [-0.2, 0) is 9.59 Å². The minimum atomic E-state index is -0.147. The third-order valence-electron chi connectivity index (χ3n) is 4.77. The van der Waals surface area contributed by atoms with Gasteiger partial charge < -0.3 is 10.2 Å². The fourth-order valence-corrected chi connectivity index (χ4v) is 3.26. The molecule has 0 spiro atoms. The highest BCUT2D eigenvalue weighted by Gasteiger charge is 2.34. The number of hydrogen-bond acceptors (Lipinski definition) is 3. The number of amides is 4. The summed E-state index contributed by atoms with van der Waals surface area (Å²) >= 11 is 0. The number of carbonyl (C=O) groups is 3. The highest BCUT2D eigenvalue weighted by Crippen LogP contribution is 2.19. The summed E-state index contributed by atoms with van der Waals surface area (Å²) in [5.74, 6) is 0.405. The Hall–Kier alpha value is -1.59. The van der Waals surface area contributed by atoms with Crippen molar-refractivity contribution in [3.05, 3.63) is 0 Å². The molecule has 160 valence electrons. The van der Waals surface area contributed by atoms with Crippen LogP contribution in [0.3, 0.4) is 0 Å². The van der Waals surface area contributed by atoms with E-state index >= 15 is 0 Å². The third kappa shape index (κ3) is 8.76. The average Bonchev–Trinajstić information content (AvgIpc) is 3.22. The Labute approximate surface area is 167 Å². The zero-order chi connectivity index (χ0) is 20.8. The molecule has 2 atom stereocenters. The first kappa shape index (κ1) is 25.4. The lowest BCUT2D eigenvalue weighted by molar-refractivity contribution is -0.139. The molecule has 4 amide bonds. The molecule has 0 aliphatic carbocycles. The number of nitrogens with one attached hydrogen (secondary N) is 1. The van der Waals surface area contributed by atoms with Crippen LogP contribution >= 0.6 is 0 Å². The second-order valence-electron chi connectivity index (χ2n) is 6.97. The minimum Gasteiger partial charge on any atom is -0.338 e. The molecule has 2 saturated heterocycles. The second kappa shape index (κ2) is 14.5. The molecule has 2 aliphatic heterocycles. The number of unbranched alkanes of at least 4 members (excludes halogenated alkanes) is 3. The van der Waals surface area contributed by atoms with Gasteiger partial charge in [0.05, 0.1) is 0 Å². The molecule has 2 unspecified atom stereocenters. The number of imide groups is 1. The Morgan fingerprint density at radius 3 is 2.22 bits per heavy atom. The van der Waals surface area contributed by atoms with Crippen LogP contribution in [0.4, 0.5) is 4.79 Å². The highest BCUT2D eigenvalue weighted by atomic mass is 16.2. The van der Waals surface area contributed by atoms with E-state index in [1.807, 2.05) is 39.5 Å². The van der Waals surface area contributed by atoms with Gasteiger partial charge in [-0.2, -0.15) is 0 Å². The Morgan fingerprint density at radius 2 is 1.70 bits per heavy atom. The van der Waals surface area contributed by atoms with E-state index in [1.54, 1.807) is 0 Å². The van der Waals surface area contributed by atoms with Crippen molar-refractivity contribution < 1.29 is 15.8 Å². The van der Waals surface area contributed by atoms with Gasteiger partial charge in [-0.05, 0) is 25.2 Å². The molecule has 2 fully saturated rings. The van der Waals surface area contributed by atoms with Gasteiger partial charge in [0, 0.05) is 39.9 Å². The van der Waals surface area contributed by atoms with Crippen molar-refractivity contribution in [3.8, 4) is 0 Å². The van der Waals surface area contributed by atoms with Gasteiger partial charge in [0.1, 0.15) is 0 Å². The monoisotopic (exact) mass is 385 g/mol. The molecule has 0 aromatic rings. The number of carbonyl (C=O) groups excluding carboxylic acids is 3. The summed E-state index contributed by atoms with van der Waals surface area (Å²) in [4.78, 5) is 38.6. The molecule has 2 aliphatic rings. The SMILES string of the molecule is CC.CC.CC1CCN(C(=O)NCCCCCCN2C(=O)CC(C)C2=O)C1.[HH]. The number of rotatable bonds is 7. The van der Waals surface area contributed by atoms with Crippen LogP contribution in [0.15, 0.2) is 0 Å². The number of likely N-dealkylation sites (tertiary alicyclic amines) is 2. The van der Waals surface area contributed by atoms with Crippen LogP contribution in [-0.4, -0.2) is 53.8 Å². The molecule has 2 rings (SSSR count). The highest BCUT2D eigenvalue weighted by molar-refractivity contribution is 6.03. The Morgan fingerprint density at radius 1 is 1.07 bits per heavy atom. The summed E-state index contributed by atoms with van der Waals surface area (Å²) in [6.45, 7) is 14.9. The quantitative estimate of drug-likeness (QED) is 0.525. The first-order valence-electron chi connectivity index (χ1n) is 10.9. The maximum Gasteiger partial charge on any atom is 0.317 e. The van der Waals surface area contributed by atoms with Crippen molar-refractivity contribution in [2.75, 3.05) is 26.2 Å². The minimum absolute atomic E-state index is 0. The molecule has 27 heavy (non-hydrogen) atoms. The van der Waals surface area contributed by atoms with E-state index in [0.717, 1.165) is 45.2 Å². The average molecular weight is 386 g/mol. The van der Waals surface area contributed by atoms with Crippen LogP contribution < -0.4 is 5.32 Å². The van der Waals surface area contributed by atoms with Crippen LogP contribution in [0.5, 0.6) is 0 Å². The molecule has 6 heteroatoms. The van der Waals surface area contributed by atoms with E-state index in [-0.39, 0.29) is 25.2 Å². The molecular weight excluding hydrogens is 342 g/mol. The standard InChI is InChI=1S/C17H29N3O3.2C2H6.H2/c1-13-7-10-19(12-13)17(23)18-8-5-3-4-6-9-20-15(21)11-14(2)16(20)22;2*1-2;/h13-14H,3-12H2,1-2H3,(H,18,23);2*1-2H3;1H. The summed E-state index contributed by atoms with van der Waals surface area (Å²) < 4.78 is 0. The Balaban J connectivity index is 0. The van der Waals surface area contributed by atoms with E-state index in [4.69, 9.17) is 0 Å². The summed E-state index contributed by atoms with van der Waals surface area (Å²) in [5, 5.41) is 2.97. The van der Waals surface area contributed by atoms with E-state index < -0.39 is 0 Å². The Bertz CT molecular complexity index is 460. The zero-order valence-electron chi connectivity index (χ0n) is 18.3. The van der Waals surface area contributed by atoms with Crippen LogP contribution in [0.2, 0.25) is 0 Å². The van der Waals surface area contributed by atoms with Gasteiger partial charge in [-0.25, -0.2) is 4.79 Å². The maximum atomic E-state index is 11.9. The number of hydrogen-bond donors (Lipinski definition) is 1. The van der Waals surface area contributed by atoms with Gasteiger partial charge in [0.25, 0.3) is 0 Å². The summed E-state index contributed by atoms with van der Waals surface area (Å²) in [7, 11) is 0. The summed E-state index contributed by atoms with van der Waals surface area (Å²) in [5.41, 5.74) is 0. The lowest BCUT2D eigenvalue weighted by Crippen LogP contribution is -2.38. The predicted molar refractivity (Wildman–Crippen MR) is 113 cm³/mol. The number of urea groups is 1. The lowest BCUT2D eigenvalue weighted by atomic mass is 10.1. The summed E-state index contributed by atoms with van der Waals surface area (Å²) in [6, 6.07) is 0.0524. The van der Waals surface area contributed by atoms with E-state index in [0.29, 0.717) is 25.4 Å².